The molecule has 0 bridgehead atoms. The Morgan fingerprint density at radius 3 is 2.19 bits per heavy atom. The topological polar surface area (TPSA) is 56.4 Å². The molecule has 0 N–H and O–H groups in total. The van der Waals surface area contributed by atoms with Gasteiger partial charge in [0.2, 0.25) is 6.33 Å². The molecule has 0 fully saturated rings. The predicted molar refractivity (Wildman–Crippen MR) is 46.0 cm³/mol. The molecule has 0 aromatic carbocycles. The number of imidazole rings is 1. The molecule has 1 rings (SSSR count). The van der Waals surface area contributed by atoms with Gasteiger partial charge >= 0.3 is 7.25 Å². The minimum absolute atomic E-state index is 0.332. The summed E-state index contributed by atoms with van der Waals surface area (Å²) in [6.07, 6.45) is 5.26. The quantitative estimate of drug-likeness (QED) is 0.437. The number of nitrogens with zero attached hydrogens (tertiary/aromatic N) is 4. The van der Waals surface area contributed by atoms with E-state index in [1.54, 1.807) is 27.9 Å². The summed E-state index contributed by atoms with van der Waals surface area (Å²) >= 11 is 0. The second-order valence-corrected chi connectivity index (χ2v) is 2.57. The zero-order chi connectivity index (χ0) is 12.6. The van der Waals surface area contributed by atoms with Crippen LogP contribution in [-0.4, -0.2) is 11.8 Å². The van der Waals surface area contributed by atoms with Crippen LogP contribution in [0.4, 0.5) is 17.3 Å². The number of hydrogen-bond acceptors (Lipinski definition) is 2. The van der Waals surface area contributed by atoms with Gasteiger partial charge in [-0.25, -0.2) is 9.13 Å². The average molecular weight is 234 g/mol. The van der Waals surface area contributed by atoms with Crippen LogP contribution >= 0.6 is 0 Å². The molecular weight excluding hydrogens is 227 g/mol. The lowest BCUT2D eigenvalue weighted by atomic mass is 10.3. The molecule has 0 aliphatic rings. The Balaban J connectivity index is 0.000000385. The van der Waals surface area contributed by atoms with E-state index in [9.17, 15) is 17.3 Å². The normalized spacial score (nSPS) is 9.62. The molecule has 9 heteroatoms. The van der Waals surface area contributed by atoms with E-state index >= 15 is 0 Å². The molecule has 0 aliphatic carbocycles. The largest absolute Gasteiger partial charge is 0.673 e. The third-order valence-corrected chi connectivity index (χ3v) is 1.25. The van der Waals surface area contributed by atoms with Crippen molar-refractivity contribution in [1.82, 2.24) is 4.57 Å². The van der Waals surface area contributed by atoms with E-state index in [0.29, 0.717) is 13.1 Å². The van der Waals surface area contributed by atoms with Gasteiger partial charge in [0, 0.05) is 0 Å². The molecule has 0 saturated heterocycles. The first-order valence-electron chi connectivity index (χ1n) is 4.03. The van der Waals surface area contributed by atoms with Gasteiger partial charge in [-0.3, -0.25) is 0 Å². The minimum Gasteiger partial charge on any atom is -0.418 e. The van der Waals surface area contributed by atoms with Crippen LogP contribution in [0.1, 0.15) is 0 Å². The molecule has 0 spiro atoms. The molecule has 0 unspecified atom stereocenters. The number of aromatic nitrogens is 2. The third kappa shape index (κ3) is 8.57. The van der Waals surface area contributed by atoms with Gasteiger partial charge in [-0.05, 0) is 0 Å². The standard InChI is InChI=1S/C7H7N4.BF4/c8-1-3-10-5-6-11(7-10)4-2-9;2-1(3,4)5/h5-7H,3-4H2;/q+1;-1. The zero-order valence-electron chi connectivity index (χ0n) is 8.02. The van der Waals surface area contributed by atoms with Gasteiger partial charge in [0.1, 0.15) is 24.5 Å². The Kier molecular flexibility index (Phi) is 5.64. The Morgan fingerprint density at radius 1 is 1.19 bits per heavy atom. The SMILES string of the molecule is F[B-](F)(F)F.N#CCn1cc[n+](CC#N)c1. The molecule has 86 valence electrons. The molecule has 0 aliphatic heterocycles. The molecule has 0 atom stereocenters. The van der Waals surface area contributed by atoms with Crippen LogP contribution < -0.4 is 4.57 Å². The average Bonchev–Trinajstić information content (AvgIpc) is 2.51. The van der Waals surface area contributed by atoms with Crippen LogP contribution in [0.15, 0.2) is 18.7 Å². The zero-order valence-corrected chi connectivity index (χ0v) is 8.02. The Morgan fingerprint density at radius 2 is 1.75 bits per heavy atom. The first-order chi connectivity index (χ1) is 7.36. The van der Waals surface area contributed by atoms with Crippen molar-refractivity contribution in [2.75, 3.05) is 0 Å². The van der Waals surface area contributed by atoms with Gasteiger partial charge in [0.25, 0.3) is 0 Å². The Labute approximate surface area is 89.0 Å². The first kappa shape index (κ1) is 14.0. The van der Waals surface area contributed by atoms with Gasteiger partial charge in [-0.15, -0.1) is 0 Å². The summed E-state index contributed by atoms with van der Waals surface area (Å²) in [7, 11) is -6.00. The number of rotatable bonds is 2. The van der Waals surface area contributed by atoms with Crippen LogP contribution in [0.2, 0.25) is 0 Å². The van der Waals surface area contributed by atoms with Crippen LogP contribution in [-0.2, 0) is 13.1 Å². The van der Waals surface area contributed by atoms with Crippen molar-refractivity contribution in [2.24, 2.45) is 0 Å². The fourth-order valence-electron chi connectivity index (χ4n) is 0.789. The lowest BCUT2D eigenvalue weighted by Gasteiger charge is -1.94. The first-order valence-corrected chi connectivity index (χ1v) is 4.03. The molecule has 16 heavy (non-hydrogen) atoms. The molecule has 0 saturated carbocycles. The summed E-state index contributed by atoms with van der Waals surface area (Å²) in [6, 6.07) is 4.01. The summed E-state index contributed by atoms with van der Waals surface area (Å²) < 4.78 is 42.4. The van der Waals surface area contributed by atoms with E-state index in [0.717, 1.165) is 0 Å². The van der Waals surface area contributed by atoms with Gasteiger partial charge in [0.15, 0.2) is 13.1 Å². The Hall–Kier alpha value is -2.03. The van der Waals surface area contributed by atoms with Crippen LogP contribution in [0.25, 0.3) is 0 Å². The lowest BCUT2D eigenvalue weighted by Crippen LogP contribution is -2.29. The van der Waals surface area contributed by atoms with E-state index in [2.05, 4.69) is 0 Å². The molecule has 0 amide bonds. The molecular formula is C7H7BF4N4. The van der Waals surface area contributed by atoms with E-state index in [-0.39, 0.29) is 0 Å². The number of halogens is 4. The highest BCUT2D eigenvalue weighted by molar-refractivity contribution is 6.50. The van der Waals surface area contributed by atoms with Crippen molar-refractivity contribution in [3.05, 3.63) is 18.7 Å². The number of hydrogen-bond donors (Lipinski definition) is 0. The van der Waals surface area contributed by atoms with Gasteiger partial charge < -0.3 is 17.3 Å². The monoisotopic (exact) mass is 234 g/mol. The van der Waals surface area contributed by atoms with Crippen molar-refractivity contribution in [2.45, 2.75) is 13.1 Å². The van der Waals surface area contributed by atoms with Crippen LogP contribution in [0.5, 0.6) is 0 Å². The maximum atomic E-state index is 9.75. The smallest absolute Gasteiger partial charge is 0.418 e. The fourth-order valence-corrected chi connectivity index (χ4v) is 0.789. The summed E-state index contributed by atoms with van der Waals surface area (Å²) in [5.41, 5.74) is 0. The van der Waals surface area contributed by atoms with Crippen LogP contribution in [0.3, 0.4) is 0 Å². The summed E-state index contributed by atoms with van der Waals surface area (Å²) in [5.74, 6) is 0. The fraction of sp³-hybridized carbons (Fsp3) is 0.286. The molecule has 1 aromatic heterocycles. The highest BCUT2D eigenvalue weighted by Gasteiger charge is 2.20. The van der Waals surface area contributed by atoms with Crippen molar-refractivity contribution in [3.63, 3.8) is 0 Å². The molecule has 1 aromatic rings. The van der Waals surface area contributed by atoms with E-state index in [1.165, 1.54) is 0 Å². The van der Waals surface area contributed by atoms with E-state index in [4.69, 9.17) is 10.5 Å². The van der Waals surface area contributed by atoms with Crippen molar-refractivity contribution >= 4 is 7.25 Å². The van der Waals surface area contributed by atoms with E-state index < -0.39 is 7.25 Å². The maximum Gasteiger partial charge on any atom is 0.673 e. The van der Waals surface area contributed by atoms with Crippen LogP contribution in [0, 0.1) is 22.7 Å². The van der Waals surface area contributed by atoms with E-state index in [1.807, 2.05) is 12.1 Å². The number of nitriles is 2. The second-order valence-electron chi connectivity index (χ2n) is 2.57. The molecule has 0 radical (unpaired) electrons. The Bertz CT molecular complexity index is 363. The summed E-state index contributed by atoms with van der Waals surface area (Å²) in [5, 5.41) is 16.6. The second kappa shape index (κ2) is 6.46. The molecule has 4 nitrogen and oxygen atoms in total. The lowest BCUT2D eigenvalue weighted by molar-refractivity contribution is -0.684. The van der Waals surface area contributed by atoms with Crippen molar-refractivity contribution < 1.29 is 21.8 Å². The maximum absolute atomic E-state index is 9.75. The highest BCUT2D eigenvalue weighted by atomic mass is 19.5. The minimum atomic E-state index is -6.00. The summed E-state index contributed by atoms with van der Waals surface area (Å²) in [4.78, 5) is 0. The summed E-state index contributed by atoms with van der Waals surface area (Å²) in [6.45, 7) is 0.664. The van der Waals surface area contributed by atoms with Crippen molar-refractivity contribution in [1.29, 1.82) is 10.5 Å². The van der Waals surface area contributed by atoms with Gasteiger partial charge in [-0.2, -0.15) is 10.5 Å². The third-order valence-electron chi connectivity index (χ3n) is 1.25. The van der Waals surface area contributed by atoms with Crippen molar-refractivity contribution in [3.8, 4) is 12.1 Å². The van der Waals surface area contributed by atoms with Gasteiger partial charge in [-0.1, -0.05) is 0 Å². The highest BCUT2D eigenvalue weighted by Crippen LogP contribution is 2.06. The predicted octanol–water partition coefficient (Wildman–Crippen LogP) is 1.12. The molecule has 1 heterocycles. The van der Waals surface area contributed by atoms with Gasteiger partial charge in [0.05, 0.1) is 0 Å².